The molecule has 0 rings (SSSR count). The minimum atomic E-state index is -0.873. The van der Waals surface area contributed by atoms with Crippen LogP contribution in [0.5, 0.6) is 0 Å². The number of carboxylic acid groups (broad SMARTS) is 1. The molecule has 0 spiro atoms. The summed E-state index contributed by atoms with van der Waals surface area (Å²) in [6.45, 7) is 4.59. The number of amides is 3. The molecule has 20 heavy (non-hydrogen) atoms. The van der Waals surface area contributed by atoms with Gasteiger partial charge in [0.15, 0.2) is 0 Å². The Morgan fingerprint density at radius 2 is 1.90 bits per heavy atom. The molecule has 0 aromatic rings. The Morgan fingerprint density at radius 1 is 1.25 bits per heavy atom. The predicted molar refractivity (Wildman–Crippen MR) is 75.4 cm³/mol. The molecule has 3 amide bonds. The summed E-state index contributed by atoms with van der Waals surface area (Å²) < 4.78 is 0. The average Bonchev–Trinajstić information content (AvgIpc) is 2.41. The molecule has 116 valence electrons. The first-order valence-corrected chi connectivity index (χ1v) is 6.89. The Hall–Kier alpha value is -1.79. The van der Waals surface area contributed by atoms with Gasteiger partial charge in [-0.05, 0) is 12.3 Å². The quantitative estimate of drug-likeness (QED) is 0.580. The van der Waals surface area contributed by atoms with E-state index in [0.29, 0.717) is 19.5 Å². The minimum absolute atomic E-state index is 0.00585. The van der Waals surface area contributed by atoms with Gasteiger partial charge in [0.25, 0.3) is 0 Å². The molecule has 7 nitrogen and oxygen atoms in total. The van der Waals surface area contributed by atoms with Crippen LogP contribution in [0.3, 0.4) is 0 Å². The van der Waals surface area contributed by atoms with Gasteiger partial charge in [0.2, 0.25) is 5.91 Å². The standard InChI is InChI=1S/C13H25N3O4/c1-4-6-16(9-11(17)14-3)13(20)15-8-10(5-2)7-12(18)19/h10H,4-9H2,1-3H3,(H,14,17)(H,15,20)(H,18,19). The van der Waals surface area contributed by atoms with E-state index in [2.05, 4.69) is 10.6 Å². The molecule has 0 aromatic carbocycles. The molecule has 0 aliphatic heterocycles. The topological polar surface area (TPSA) is 98.7 Å². The van der Waals surface area contributed by atoms with E-state index in [-0.39, 0.29) is 30.8 Å². The number of hydrogen-bond acceptors (Lipinski definition) is 3. The van der Waals surface area contributed by atoms with Gasteiger partial charge >= 0.3 is 12.0 Å². The molecule has 0 aromatic heterocycles. The number of carbonyl (C=O) groups is 3. The van der Waals surface area contributed by atoms with Gasteiger partial charge in [-0.15, -0.1) is 0 Å². The number of aliphatic carboxylic acids is 1. The number of hydrogen-bond donors (Lipinski definition) is 3. The second kappa shape index (κ2) is 10.1. The maximum absolute atomic E-state index is 12.0. The summed E-state index contributed by atoms with van der Waals surface area (Å²) in [5, 5.41) is 13.9. The molecule has 7 heteroatoms. The summed E-state index contributed by atoms with van der Waals surface area (Å²) >= 11 is 0. The van der Waals surface area contributed by atoms with E-state index in [1.807, 2.05) is 13.8 Å². The summed E-state index contributed by atoms with van der Waals surface area (Å²) in [5.74, 6) is -1.20. The van der Waals surface area contributed by atoms with Crippen molar-refractivity contribution in [2.75, 3.05) is 26.7 Å². The van der Waals surface area contributed by atoms with Crippen molar-refractivity contribution < 1.29 is 19.5 Å². The van der Waals surface area contributed by atoms with Crippen LogP contribution >= 0.6 is 0 Å². The molecule has 0 aliphatic carbocycles. The summed E-state index contributed by atoms with van der Waals surface area (Å²) in [4.78, 5) is 35.4. The highest BCUT2D eigenvalue weighted by Gasteiger charge is 2.17. The zero-order valence-corrected chi connectivity index (χ0v) is 12.4. The number of carboxylic acids is 1. The SMILES string of the molecule is CCCN(CC(=O)NC)C(=O)NCC(CC)CC(=O)O. The van der Waals surface area contributed by atoms with Crippen LogP contribution in [0.2, 0.25) is 0 Å². The summed E-state index contributed by atoms with van der Waals surface area (Å²) in [6.07, 6.45) is 1.45. The lowest BCUT2D eigenvalue weighted by Crippen LogP contribution is -2.46. The monoisotopic (exact) mass is 287 g/mol. The molecule has 0 bridgehead atoms. The zero-order chi connectivity index (χ0) is 15.5. The highest BCUT2D eigenvalue weighted by atomic mass is 16.4. The summed E-state index contributed by atoms with van der Waals surface area (Å²) in [5.41, 5.74) is 0. The molecule has 0 saturated carbocycles. The van der Waals surface area contributed by atoms with Crippen LogP contribution in [0.15, 0.2) is 0 Å². The van der Waals surface area contributed by atoms with E-state index in [1.54, 1.807) is 0 Å². The molecule has 1 unspecified atom stereocenters. The largest absolute Gasteiger partial charge is 0.481 e. The molecule has 0 aliphatic rings. The Bertz CT molecular complexity index is 334. The van der Waals surface area contributed by atoms with E-state index in [1.165, 1.54) is 11.9 Å². The lowest BCUT2D eigenvalue weighted by Gasteiger charge is -2.23. The fourth-order valence-corrected chi connectivity index (χ4v) is 1.73. The lowest BCUT2D eigenvalue weighted by atomic mass is 10.0. The van der Waals surface area contributed by atoms with E-state index in [4.69, 9.17) is 5.11 Å². The van der Waals surface area contributed by atoms with Gasteiger partial charge in [0, 0.05) is 26.6 Å². The van der Waals surface area contributed by atoms with Crippen molar-refractivity contribution in [3.63, 3.8) is 0 Å². The van der Waals surface area contributed by atoms with Gasteiger partial charge in [-0.1, -0.05) is 20.3 Å². The number of nitrogens with one attached hydrogen (secondary N) is 2. The normalized spacial score (nSPS) is 11.6. The van der Waals surface area contributed by atoms with Gasteiger partial charge < -0.3 is 20.6 Å². The van der Waals surface area contributed by atoms with E-state index >= 15 is 0 Å². The molecule has 0 saturated heterocycles. The molecule has 0 heterocycles. The van der Waals surface area contributed by atoms with Crippen LogP contribution in [-0.2, 0) is 9.59 Å². The molecule has 0 fully saturated rings. The Balaban J connectivity index is 4.36. The fraction of sp³-hybridized carbons (Fsp3) is 0.769. The first-order valence-electron chi connectivity index (χ1n) is 6.89. The van der Waals surface area contributed by atoms with Crippen molar-refractivity contribution in [1.29, 1.82) is 0 Å². The van der Waals surface area contributed by atoms with E-state index < -0.39 is 5.97 Å². The Kier molecular flexibility index (Phi) is 9.15. The van der Waals surface area contributed by atoms with Crippen LogP contribution < -0.4 is 10.6 Å². The first kappa shape index (κ1) is 18.2. The maximum atomic E-state index is 12.0. The van der Waals surface area contributed by atoms with Crippen LogP contribution in [0.4, 0.5) is 4.79 Å². The third kappa shape index (κ3) is 7.60. The average molecular weight is 287 g/mol. The number of nitrogens with zero attached hydrogens (tertiary/aromatic N) is 1. The third-order valence-corrected chi connectivity index (χ3v) is 2.98. The summed E-state index contributed by atoms with van der Waals surface area (Å²) in [6, 6.07) is -0.334. The van der Waals surface area contributed by atoms with Gasteiger partial charge in [-0.25, -0.2) is 4.79 Å². The number of carbonyl (C=O) groups excluding carboxylic acids is 2. The van der Waals surface area contributed by atoms with Crippen LogP contribution in [0, 0.1) is 5.92 Å². The lowest BCUT2D eigenvalue weighted by molar-refractivity contribution is -0.138. The zero-order valence-electron chi connectivity index (χ0n) is 12.4. The van der Waals surface area contributed by atoms with Gasteiger partial charge in [0.05, 0.1) is 0 Å². The molecule has 3 N–H and O–H groups in total. The highest BCUT2D eigenvalue weighted by Crippen LogP contribution is 2.06. The molecule has 0 radical (unpaired) electrons. The number of urea groups is 1. The molecular weight excluding hydrogens is 262 g/mol. The summed E-state index contributed by atoms with van der Waals surface area (Å²) in [7, 11) is 1.52. The maximum Gasteiger partial charge on any atom is 0.317 e. The van der Waals surface area contributed by atoms with Crippen molar-refractivity contribution in [2.45, 2.75) is 33.1 Å². The fourth-order valence-electron chi connectivity index (χ4n) is 1.73. The van der Waals surface area contributed by atoms with Crippen molar-refractivity contribution in [2.24, 2.45) is 5.92 Å². The van der Waals surface area contributed by atoms with Crippen molar-refractivity contribution in [3.05, 3.63) is 0 Å². The van der Waals surface area contributed by atoms with Gasteiger partial charge in [0.1, 0.15) is 6.54 Å². The first-order chi connectivity index (χ1) is 9.44. The number of rotatable bonds is 9. The predicted octanol–water partition coefficient (Wildman–Crippen LogP) is 0.655. The van der Waals surface area contributed by atoms with E-state index in [9.17, 15) is 14.4 Å². The second-order valence-corrected chi connectivity index (χ2v) is 4.65. The van der Waals surface area contributed by atoms with Crippen LogP contribution in [0.1, 0.15) is 33.1 Å². The smallest absolute Gasteiger partial charge is 0.317 e. The number of likely N-dealkylation sites (N-methyl/N-ethyl adjacent to an activating group) is 1. The Morgan fingerprint density at radius 3 is 2.35 bits per heavy atom. The Labute approximate surface area is 119 Å². The third-order valence-electron chi connectivity index (χ3n) is 2.98. The molecule has 1 atom stereocenters. The van der Waals surface area contributed by atoms with Gasteiger partial charge in [-0.3, -0.25) is 9.59 Å². The van der Waals surface area contributed by atoms with Crippen molar-refractivity contribution in [1.82, 2.24) is 15.5 Å². The minimum Gasteiger partial charge on any atom is -0.481 e. The molecular formula is C13H25N3O4. The van der Waals surface area contributed by atoms with Crippen molar-refractivity contribution >= 4 is 17.9 Å². The van der Waals surface area contributed by atoms with Crippen LogP contribution in [0.25, 0.3) is 0 Å². The van der Waals surface area contributed by atoms with Gasteiger partial charge in [-0.2, -0.15) is 0 Å². The second-order valence-electron chi connectivity index (χ2n) is 4.65. The van der Waals surface area contributed by atoms with Crippen LogP contribution in [-0.4, -0.2) is 54.6 Å². The highest BCUT2D eigenvalue weighted by molar-refractivity contribution is 5.83. The van der Waals surface area contributed by atoms with Crippen molar-refractivity contribution in [3.8, 4) is 0 Å². The van der Waals surface area contributed by atoms with E-state index in [0.717, 1.165) is 6.42 Å².